The van der Waals surface area contributed by atoms with Gasteiger partial charge in [-0.15, -0.1) is 11.3 Å². The fourth-order valence-electron chi connectivity index (χ4n) is 1.03. The van der Waals surface area contributed by atoms with Crippen molar-refractivity contribution in [2.45, 2.75) is 13.8 Å². The molecule has 0 aromatic carbocycles. The fourth-order valence-corrected chi connectivity index (χ4v) is 1.71. The minimum absolute atomic E-state index is 0.789. The maximum atomic E-state index is 4.23. The Morgan fingerprint density at radius 3 is 2.75 bits per heavy atom. The first-order chi connectivity index (χ1) is 5.75. The van der Waals surface area contributed by atoms with Crippen LogP contribution in [0.1, 0.15) is 10.7 Å². The predicted octanol–water partition coefficient (Wildman–Crippen LogP) is 2.15. The Balaban J connectivity index is 2.43. The quantitative estimate of drug-likeness (QED) is 0.728. The van der Waals surface area contributed by atoms with Crippen LogP contribution in [0.4, 0.5) is 0 Å². The Morgan fingerprint density at radius 1 is 1.42 bits per heavy atom. The van der Waals surface area contributed by atoms with Crippen molar-refractivity contribution in [3.05, 3.63) is 22.1 Å². The van der Waals surface area contributed by atoms with Crippen LogP contribution in [0.2, 0.25) is 0 Å². The van der Waals surface area contributed by atoms with Crippen LogP contribution in [0.15, 0.2) is 11.4 Å². The molecule has 2 rings (SSSR count). The SMILES string of the molecule is Cc1nc(-c2csc(C)c2)n[nH]1. The molecule has 2 aromatic heterocycles. The van der Waals surface area contributed by atoms with Crippen LogP contribution in [0.3, 0.4) is 0 Å². The van der Waals surface area contributed by atoms with Gasteiger partial charge in [-0.25, -0.2) is 4.98 Å². The van der Waals surface area contributed by atoms with Gasteiger partial charge < -0.3 is 0 Å². The first-order valence-electron chi connectivity index (χ1n) is 3.70. The highest BCUT2D eigenvalue weighted by molar-refractivity contribution is 7.10. The van der Waals surface area contributed by atoms with E-state index in [9.17, 15) is 0 Å². The molecular formula is C8H9N3S. The third-order valence-corrected chi connectivity index (χ3v) is 2.45. The first-order valence-corrected chi connectivity index (χ1v) is 4.58. The Labute approximate surface area is 74.5 Å². The average molecular weight is 179 g/mol. The summed E-state index contributed by atoms with van der Waals surface area (Å²) in [6.07, 6.45) is 0. The largest absolute Gasteiger partial charge is 0.263 e. The number of aryl methyl sites for hydroxylation is 2. The van der Waals surface area contributed by atoms with Crippen molar-refractivity contribution in [1.29, 1.82) is 0 Å². The molecule has 0 amide bonds. The minimum Gasteiger partial charge on any atom is -0.263 e. The molecule has 0 atom stereocenters. The molecule has 0 unspecified atom stereocenters. The number of H-pyrrole nitrogens is 1. The lowest BCUT2D eigenvalue weighted by molar-refractivity contribution is 1.04. The molecule has 0 aliphatic rings. The van der Waals surface area contributed by atoms with Crippen molar-refractivity contribution >= 4 is 11.3 Å². The molecule has 0 bridgehead atoms. The van der Waals surface area contributed by atoms with Crippen LogP contribution in [0, 0.1) is 13.8 Å². The number of rotatable bonds is 1. The Morgan fingerprint density at radius 2 is 2.25 bits per heavy atom. The molecule has 0 aliphatic carbocycles. The van der Waals surface area contributed by atoms with Gasteiger partial charge in [-0.2, -0.15) is 5.10 Å². The van der Waals surface area contributed by atoms with Crippen LogP contribution in [-0.2, 0) is 0 Å². The topological polar surface area (TPSA) is 41.6 Å². The summed E-state index contributed by atoms with van der Waals surface area (Å²) in [4.78, 5) is 5.52. The van der Waals surface area contributed by atoms with Crippen molar-refractivity contribution < 1.29 is 0 Å². The molecule has 3 nitrogen and oxygen atoms in total. The van der Waals surface area contributed by atoms with Gasteiger partial charge in [-0.1, -0.05) is 0 Å². The van der Waals surface area contributed by atoms with Crippen LogP contribution >= 0.6 is 11.3 Å². The second-order valence-electron chi connectivity index (χ2n) is 2.69. The van der Waals surface area contributed by atoms with Gasteiger partial charge in [0, 0.05) is 15.8 Å². The van der Waals surface area contributed by atoms with E-state index in [1.807, 2.05) is 6.92 Å². The highest BCUT2D eigenvalue weighted by atomic mass is 32.1. The van der Waals surface area contributed by atoms with Crippen molar-refractivity contribution in [2.24, 2.45) is 0 Å². The van der Waals surface area contributed by atoms with Crippen LogP contribution in [0.5, 0.6) is 0 Å². The van der Waals surface area contributed by atoms with E-state index in [2.05, 4.69) is 33.6 Å². The molecule has 0 radical (unpaired) electrons. The molecule has 1 N–H and O–H groups in total. The maximum Gasteiger partial charge on any atom is 0.181 e. The summed E-state index contributed by atoms with van der Waals surface area (Å²) in [6, 6.07) is 2.09. The van der Waals surface area contributed by atoms with E-state index in [4.69, 9.17) is 0 Å². The monoisotopic (exact) mass is 179 g/mol. The molecule has 0 aliphatic heterocycles. The van der Waals surface area contributed by atoms with Gasteiger partial charge in [0.05, 0.1) is 0 Å². The van der Waals surface area contributed by atoms with Gasteiger partial charge in [-0.05, 0) is 19.9 Å². The van der Waals surface area contributed by atoms with Gasteiger partial charge in [0.15, 0.2) is 5.82 Å². The number of hydrogen-bond acceptors (Lipinski definition) is 3. The normalized spacial score (nSPS) is 10.5. The van der Waals surface area contributed by atoms with Crippen LogP contribution in [0.25, 0.3) is 11.4 Å². The molecule has 12 heavy (non-hydrogen) atoms. The van der Waals surface area contributed by atoms with Gasteiger partial charge in [0.1, 0.15) is 5.82 Å². The molecule has 2 aromatic rings. The average Bonchev–Trinajstić information content (AvgIpc) is 2.58. The zero-order valence-corrected chi connectivity index (χ0v) is 7.77. The van der Waals surface area contributed by atoms with Crippen LogP contribution in [-0.4, -0.2) is 15.2 Å². The van der Waals surface area contributed by atoms with E-state index < -0.39 is 0 Å². The number of aromatic nitrogens is 3. The Bertz CT molecular complexity index is 350. The first kappa shape index (κ1) is 7.49. The lowest BCUT2D eigenvalue weighted by atomic mass is 10.3. The minimum atomic E-state index is 0.789. The number of thiophene rings is 1. The van der Waals surface area contributed by atoms with Gasteiger partial charge in [0.2, 0.25) is 0 Å². The third-order valence-electron chi connectivity index (χ3n) is 1.59. The smallest absolute Gasteiger partial charge is 0.181 e. The summed E-state index contributed by atoms with van der Waals surface area (Å²) in [5.74, 6) is 1.64. The summed E-state index contributed by atoms with van der Waals surface area (Å²) in [6.45, 7) is 3.98. The summed E-state index contributed by atoms with van der Waals surface area (Å²) in [5.41, 5.74) is 1.10. The number of nitrogens with zero attached hydrogens (tertiary/aromatic N) is 2. The van der Waals surface area contributed by atoms with Crippen molar-refractivity contribution in [2.75, 3.05) is 0 Å². The zero-order valence-electron chi connectivity index (χ0n) is 6.96. The molecule has 0 saturated carbocycles. The molecule has 0 spiro atoms. The maximum absolute atomic E-state index is 4.23. The van der Waals surface area contributed by atoms with E-state index in [0.717, 1.165) is 17.2 Å². The number of nitrogens with one attached hydrogen (secondary N) is 1. The van der Waals surface area contributed by atoms with Crippen molar-refractivity contribution in [1.82, 2.24) is 15.2 Å². The van der Waals surface area contributed by atoms with E-state index in [0.29, 0.717) is 0 Å². The molecule has 62 valence electrons. The van der Waals surface area contributed by atoms with E-state index in [1.165, 1.54) is 4.88 Å². The molecule has 4 heteroatoms. The van der Waals surface area contributed by atoms with E-state index >= 15 is 0 Å². The highest BCUT2D eigenvalue weighted by Gasteiger charge is 2.04. The van der Waals surface area contributed by atoms with Gasteiger partial charge in [0.25, 0.3) is 0 Å². The second kappa shape index (κ2) is 2.71. The van der Waals surface area contributed by atoms with E-state index in [1.54, 1.807) is 11.3 Å². The lowest BCUT2D eigenvalue weighted by Crippen LogP contribution is -1.75. The summed E-state index contributed by atoms with van der Waals surface area (Å²) >= 11 is 1.71. The Hall–Kier alpha value is -1.16. The molecule has 0 saturated heterocycles. The van der Waals surface area contributed by atoms with Crippen LogP contribution < -0.4 is 0 Å². The second-order valence-corrected chi connectivity index (χ2v) is 3.81. The van der Waals surface area contributed by atoms with Gasteiger partial charge >= 0.3 is 0 Å². The highest BCUT2D eigenvalue weighted by Crippen LogP contribution is 2.21. The fraction of sp³-hybridized carbons (Fsp3) is 0.250. The summed E-state index contributed by atoms with van der Waals surface area (Å²) in [5, 5.41) is 8.96. The molecular weight excluding hydrogens is 170 g/mol. The number of aromatic amines is 1. The molecule has 0 fully saturated rings. The standard InChI is InChI=1S/C8H9N3S/c1-5-3-7(4-12-5)8-9-6(2)10-11-8/h3-4H,1-2H3,(H,9,10,11). The summed E-state index contributed by atoms with van der Waals surface area (Å²) < 4.78 is 0. The van der Waals surface area contributed by atoms with Gasteiger partial charge in [-0.3, -0.25) is 5.10 Å². The predicted molar refractivity (Wildman–Crippen MR) is 49.2 cm³/mol. The van der Waals surface area contributed by atoms with Crippen molar-refractivity contribution in [3.63, 3.8) is 0 Å². The van der Waals surface area contributed by atoms with Crippen molar-refractivity contribution in [3.8, 4) is 11.4 Å². The molecule has 2 heterocycles. The third kappa shape index (κ3) is 1.25. The Kier molecular flexibility index (Phi) is 1.69. The lowest BCUT2D eigenvalue weighted by Gasteiger charge is -1.83. The van der Waals surface area contributed by atoms with E-state index in [-0.39, 0.29) is 0 Å². The zero-order chi connectivity index (χ0) is 8.55. The summed E-state index contributed by atoms with van der Waals surface area (Å²) in [7, 11) is 0. The number of hydrogen-bond donors (Lipinski definition) is 1.